The van der Waals surface area contributed by atoms with E-state index in [1.54, 1.807) is 30.3 Å². The first-order valence-electron chi connectivity index (χ1n) is 11.9. The molecule has 0 amide bonds. The third kappa shape index (κ3) is 5.09. The summed E-state index contributed by atoms with van der Waals surface area (Å²) >= 11 is 0. The summed E-state index contributed by atoms with van der Waals surface area (Å²) in [6.45, 7) is 3.77. The topological polar surface area (TPSA) is 150 Å². The molecular weight excluding hydrogens is 522 g/mol. The zero-order valence-electron chi connectivity index (χ0n) is 20.9. The van der Waals surface area contributed by atoms with E-state index >= 15 is 4.39 Å². The van der Waals surface area contributed by atoms with Gasteiger partial charge in [-0.15, -0.1) is 0 Å². The monoisotopic (exact) mass is 550 g/mol. The number of imidazole rings is 1. The van der Waals surface area contributed by atoms with E-state index in [4.69, 9.17) is 13.8 Å². The molecule has 38 heavy (non-hydrogen) atoms. The second-order valence-electron chi connectivity index (χ2n) is 9.20. The zero-order valence-corrected chi connectivity index (χ0v) is 21.8. The standard InChI is InChI=1S/C23H28FN6O7P/c1-14(21(32)34-3)28-38(33,37-15-7-5-4-6-8-15)35-11-16-18(31)23(2,24)22(36-16)30-13-27-17-19(29-9-10-29)25-12-26-20(17)30/h4-8,12-14,16,18,22,31H,9-11H2,1-3H3,(H,28,33)/t14-,16+,18+,22+,23+,38?/m0/s1. The number of hydrogen-bond donors (Lipinski definition) is 2. The maximum absolute atomic E-state index is 15.9. The SMILES string of the molecule is COC(=O)[C@H](C)NP(=O)(OC[C@H]1O[C@@H](n2cnc3c(N4CC4)ncnc32)[C@](C)(F)[C@@H]1O)Oc1ccccc1. The highest BCUT2D eigenvalue weighted by Crippen LogP contribution is 2.48. The van der Waals surface area contributed by atoms with Gasteiger partial charge in [0.1, 0.15) is 30.3 Å². The molecule has 0 spiro atoms. The largest absolute Gasteiger partial charge is 0.468 e. The number of aliphatic hydroxyl groups is 1. The van der Waals surface area contributed by atoms with Gasteiger partial charge in [0.15, 0.2) is 28.9 Å². The fraction of sp³-hybridized carbons (Fsp3) is 0.478. The third-order valence-corrected chi connectivity index (χ3v) is 7.98. The fourth-order valence-corrected chi connectivity index (χ4v) is 5.71. The first-order valence-corrected chi connectivity index (χ1v) is 13.5. The van der Waals surface area contributed by atoms with Gasteiger partial charge < -0.3 is 24.0 Å². The maximum atomic E-state index is 15.9. The van der Waals surface area contributed by atoms with Gasteiger partial charge in [0.2, 0.25) is 0 Å². The number of hydrogen-bond acceptors (Lipinski definition) is 11. The van der Waals surface area contributed by atoms with Crippen LogP contribution in [0, 0.1) is 0 Å². The first-order chi connectivity index (χ1) is 18.1. The van der Waals surface area contributed by atoms with Crippen LogP contribution >= 0.6 is 7.75 Å². The van der Waals surface area contributed by atoms with Crippen LogP contribution in [0.5, 0.6) is 5.75 Å². The molecule has 2 fully saturated rings. The number of para-hydroxylation sites is 1. The van der Waals surface area contributed by atoms with E-state index in [1.165, 1.54) is 38.2 Å². The van der Waals surface area contributed by atoms with Gasteiger partial charge in [-0.1, -0.05) is 18.2 Å². The number of carbonyl (C=O) groups is 1. The Bertz CT molecular complexity index is 1350. The number of methoxy groups -OCH3 is 1. The third-order valence-electron chi connectivity index (χ3n) is 6.34. The number of aromatic nitrogens is 4. The highest BCUT2D eigenvalue weighted by atomic mass is 31.2. The number of nitrogens with one attached hydrogen (secondary N) is 1. The Labute approximate surface area is 217 Å². The van der Waals surface area contributed by atoms with Crippen molar-refractivity contribution in [2.75, 3.05) is 31.7 Å². The molecule has 15 heteroatoms. The van der Waals surface area contributed by atoms with E-state index in [0.717, 1.165) is 13.1 Å². The lowest BCUT2D eigenvalue weighted by molar-refractivity contribution is -0.142. The molecule has 2 aliphatic heterocycles. The highest BCUT2D eigenvalue weighted by molar-refractivity contribution is 7.52. The zero-order chi connectivity index (χ0) is 27.1. The molecular formula is C23H28FN6O7P. The van der Waals surface area contributed by atoms with Crippen molar-refractivity contribution in [3.8, 4) is 5.75 Å². The van der Waals surface area contributed by atoms with Crippen LogP contribution in [0.3, 0.4) is 0 Å². The number of halogens is 1. The van der Waals surface area contributed by atoms with Crippen molar-refractivity contribution >= 4 is 30.7 Å². The van der Waals surface area contributed by atoms with Gasteiger partial charge in [0, 0.05) is 13.1 Å². The van der Waals surface area contributed by atoms with Crippen LogP contribution in [-0.4, -0.2) is 81.3 Å². The summed E-state index contributed by atoms with van der Waals surface area (Å²) < 4.78 is 52.6. The summed E-state index contributed by atoms with van der Waals surface area (Å²) in [5.41, 5.74) is -1.46. The molecule has 13 nitrogen and oxygen atoms in total. The minimum absolute atomic E-state index is 0.202. The molecule has 1 aromatic carbocycles. The quantitative estimate of drug-likeness (QED) is 0.216. The number of alkyl halides is 1. The van der Waals surface area contributed by atoms with Gasteiger partial charge in [-0.3, -0.25) is 13.9 Å². The number of aliphatic hydroxyl groups excluding tert-OH is 1. The second kappa shape index (κ2) is 10.2. The fourth-order valence-electron chi connectivity index (χ4n) is 4.20. The molecule has 4 heterocycles. The summed E-state index contributed by atoms with van der Waals surface area (Å²) in [7, 11) is -3.04. The highest BCUT2D eigenvalue weighted by Gasteiger charge is 2.56. The number of ether oxygens (including phenoxy) is 2. The van der Waals surface area contributed by atoms with Crippen LogP contribution in [0.2, 0.25) is 0 Å². The molecule has 6 atom stereocenters. The number of nitrogens with zero attached hydrogens (tertiary/aromatic N) is 5. The molecule has 3 aromatic rings. The summed E-state index contributed by atoms with van der Waals surface area (Å²) in [4.78, 5) is 26.8. The molecule has 1 unspecified atom stereocenters. The minimum Gasteiger partial charge on any atom is -0.468 e. The summed E-state index contributed by atoms with van der Waals surface area (Å²) in [5.74, 6) is 0.140. The molecule has 2 saturated heterocycles. The van der Waals surface area contributed by atoms with Crippen LogP contribution in [-0.2, 0) is 23.4 Å². The molecule has 2 N–H and O–H groups in total. The molecule has 2 aromatic heterocycles. The van der Waals surface area contributed by atoms with Crippen LogP contribution in [0.1, 0.15) is 20.1 Å². The average molecular weight is 550 g/mol. The average Bonchev–Trinajstić information content (AvgIpc) is 3.62. The van der Waals surface area contributed by atoms with Crippen molar-refractivity contribution in [3.05, 3.63) is 43.0 Å². The maximum Gasteiger partial charge on any atom is 0.459 e. The molecule has 0 saturated carbocycles. The lowest BCUT2D eigenvalue weighted by atomic mass is 9.98. The smallest absolute Gasteiger partial charge is 0.459 e. The number of carbonyl (C=O) groups excluding carboxylic acids is 1. The van der Waals surface area contributed by atoms with E-state index in [0.29, 0.717) is 17.0 Å². The number of esters is 1. The second-order valence-corrected chi connectivity index (χ2v) is 10.9. The van der Waals surface area contributed by atoms with E-state index in [9.17, 15) is 14.5 Å². The van der Waals surface area contributed by atoms with Gasteiger partial charge in [-0.05, 0) is 26.0 Å². The normalized spacial score (nSPS) is 27.2. The predicted molar refractivity (Wildman–Crippen MR) is 132 cm³/mol. The van der Waals surface area contributed by atoms with Crippen molar-refractivity contribution in [1.82, 2.24) is 24.6 Å². The summed E-state index contributed by atoms with van der Waals surface area (Å²) in [5, 5.41) is 13.3. The molecule has 0 radical (unpaired) electrons. The van der Waals surface area contributed by atoms with Crippen molar-refractivity contribution in [2.24, 2.45) is 0 Å². The van der Waals surface area contributed by atoms with Gasteiger partial charge >= 0.3 is 13.7 Å². The number of fused-ring (bicyclic) bond motifs is 1. The van der Waals surface area contributed by atoms with Crippen LogP contribution < -0.4 is 14.5 Å². The Morgan fingerprint density at radius 3 is 2.74 bits per heavy atom. The van der Waals surface area contributed by atoms with E-state index in [-0.39, 0.29) is 5.75 Å². The number of anilines is 1. The molecule has 5 rings (SSSR count). The van der Waals surface area contributed by atoms with Crippen molar-refractivity contribution in [3.63, 3.8) is 0 Å². The van der Waals surface area contributed by atoms with E-state index in [2.05, 4.69) is 24.8 Å². The van der Waals surface area contributed by atoms with Gasteiger partial charge in [-0.2, -0.15) is 5.09 Å². The molecule has 2 aliphatic rings. The molecule has 0 bridgehead atoms. The lowest BCUT2D eigenvalue weighted by Gasteiger charge is -2.25. The summed E-state index contributed by atoms with van der Waals surface area (Å²) in [6.07, 6.45) is -1.48. The number of rotatable bonds is 10. The Morgan fingerprint density at radius 1 is 1.32 bits per heavy atom. The van der Waals surface area contributed by atoms with Crippen molar-refractivity contribution in [1.29, 1.82) is 0 Å². The predicted octanol–water partition coefficient (Wildman–Crippen LogP) is 1.99. The Morgan fingerprint density at radius 2 is 2.05 bits per heavy atom. The van der Waals surface area contributed by atoms with Crippen LogP contribution in [0.25, 0.3) is 11.2 Å². The summed E-state index contributed by atoms with van der Waals surface area (Å²) in [6, 6.07) is 7.11. The minimum atomic E-state index is -4.22. The lowest BCUT2D eigenvalue weighted by Crippen LogP contribution is -2.41. The van der Waals surface area contributed by atoms with Crippen LogP contribution in [0.4, 0.5) is 10.2 Å². The first kappa shape index (κ1) is 26.4. The van der Waals surface area contributed by atoms with Crippen molar-refractivity contribution < 1.29 is 37.4 Å². The Kier molecular flexibility index (Phi) is 7.09. The van der Waals surface area contributed by atoms with Crippen LogP contribution in [0.15, 0.2) is 43.0 Å². The van der Waals surface area contributed by atoms with Gasteiger partial charge in [0.05, 0.1) is 20.0 Å². The Balaban J connectivity index is 1.36. The molecule has 0 aliphatic carbocycles. The Hall–Kier alpha value is -3.16. The van der Waals surface area contributed by atoms with E-state index < -0.39 is 50.5 Å². The van der Waals surface area contributed by atoms with Gasteiger partial charge in [0.25, 0.3) is 0 Å². The van der Waals surface area contributed by atoms with E-state index in [1.807, 2.05) is 4.90 Å². The van der Waals surface area contributed by atoms with Crippen molar-refractivity contribution in [2.45, 2.75) is 44.0 Å². The van der Waals surface area contributed by atoms with Gasteiger partial charge in [-0.25, -0.2) is 23.9 Å². The molecule has 204 valence electrons. The number of benzene rings is 1.